The van der Waals surface area contributed by atoms with Crippen LogP contribution in [-0.4, -0.2) is 56.0 Å². The molecule has 1 amide bonds. The predicted molar refractivity (Wildman–Crippen MR) is 119 cm³/mol. The summed E-state index contributed by atoms with van der Waals surface area (Å²) in [6.45, 7) is 5.44. The number of aliphatic hydroxyl groups excluding tert-OH is 2. The van der Waals surface area contributed by atoms with E-state index in [1.807, 2.05) is 0 Å². The molecule has 0 aromatic carbocycles. The van der Waals surface area contributed by atoms with Crippen molar-refractivity contribution >= 4 is 5.91 Å². The first-order valence-electron chi connectivity index (χ1n) is 13.1. The Labute approximate surface area is 187 Å². The first-order valence-corrected chi connectivity index (χ1v) is 13.1. The van der Waals surface area contributed by atoms with E-state index in [2.05, 4.69) is 18.7 Å². The molecule has 176 valence electrons. The molecule has 0 aromatic heterocycles. The number of carbonyl (C=O) groups is 1. The molecule has 3 unspecified atom stereocenters. The summed E-state index contributed by atoms with van der Waals surface area (Å²) in [5.41, 5.74) is -1.61. The largest absolute Gasteiger partial charge is 0.390 e. The smallest absolute Gasteiger partial charge is 0.226 e. The van der Waals surface area contributed by atoms with Crippen LogP contribution in [0.2, 0.25) is 0 Å². The quantitative estimate of drug-likeness (QED) is 0.590. The molecule has 1 heterocycles. The van der Waals surface area contributed by atoms with Crippen molar-refractivity contribution in [2.45, 2.75) is 121 Å². The Balaban J connectivity index is 1.42. The van der Waals surface area contributed by atoms with Crippen LogP contribution >= 0.6 is 0 Å². The zero-order valence-electron chi connectivity index (χ0n) is 19.6. The number of carbonyl (C=O) groups excluding carboxylic acids is 1. The van der Waals surface area contributed by atoms with Crippen molar-refractivity contribution in [3.05, 3.63) is 0 Å². The SMILES string of the molecule is C[C@]12CCC3[C@@H](CC[C@]4(O)[C@@H](O)C(O)CC[C@]34C)C1CCCN2C(=O)C1CCCCC1. The Morgan fingerprint density at radius 2 is 1.58 bits per heavy atom. The minimum atomic E-state index is -1.19. The van der Waals surface area contributed by atoms with E-state index >= 15 is 0 Å². The second-order valence-corrected chi connectivity index (χ2v) is 12.2. The fourth-order valence-corrected chi connectivity index (χ4v) is 9.10. The third-order valence-corrected chi connectivity index (χ3v) is 11.0. The molecule has 1 aliphatic heterocycles. The van der Waals surface area contributed by atoms with Crippen LogP contribution in [0.15, 0.2) is 0 Å². The van der Waals surface area contributed by atoms with Gasteiger partial charge >= 0.3 is 0 Å². The molecule has 8 atom stereocenters. The maximum Gasteiger partial charge on any atom is 0.226 e. The molecule has 4 saturated carbocycles. The summed E-state index contributed by atoms with van der Waals surface area (Å²) in [4.78, 5) is 15.9. The maximum absolute atomic E-state index is 13.6. The van der Waals surface area contributed by atoms with Gasteiger partial charge in [-0.3, -0.25) is 4.79 Å². The van der Waals surface area contributed by atoms with Gasteiger partial charge in [0.25, 0.3) is 0 Å². The highest BCUT2D eigenvalue weighted by molar-refractivity contribution is 5.80. The van der Waals surface area contributed by atoms with Gasteiger partial charge in [-0.05, 0) is 88.9 Å². The van der Waals surface area contributed by atoms with Crippen LogP contribution in [0.25, 0.3) is 0 Å². The minimum Gasteiger partial charge on any atom is -0.390 e. The number of aliphatic hydroxyl groups is 3. The van der Waals surface area contributed by atoms with E-state index in [-0.39, 0.29) is 16.9 Å². The molecule has 31 heavy (non-hydrogen) atoms. The van der Waals surface area contributed by atoms with Gasteiger partial charge in [0.15, 0.2) is 0 Å². The summed E-state index contributed by atoms with van der Waals surface area (Å²) in [5, 5.41) is 32.7. The lowest BCUT2D eigenvalue weighted by Gasteiger charge is -2.67. The molecule has 0 aromatic rings. The first kappa shape index (κ1) is 22.2. The molecule has 3 N–H and O–H groups in total. The van der Waals surface area contributed by atoms with Crippen molar-refractivity contribution in [1.29, 1.82) is 0 Å². The number of hydrogen-bond acceptors (Lipinski definition) is 4. The van der Waals surface area contributed by atoms with Gasteiger partial charge in [-0.25, -0.2) is 0 Å². The minimum absolute atomic E-state index is 0.0629. The number of rotatable bonds is 1. The van der Waals surface area contributed by atoms with E-state index < -0.39 is 17.8 Å². The summed E-state index contributed by atoms with van der Waals surface area (Å²) >= 11 is 0. The fourth-order valence-electron chi connectivity index (χ4n) is 9.10. The van der Waals surface area contributed by atoms with Gasteiger partial charge in [-0.1, -0.05) is 26.2 Å². The first-order chi connectivity index (χ1) is 14.7. The highest BCUT2D eigenvalue weighted by atomic mass is 16.4. The number of hydrogen-bond donors (Lipinski definition) is 3. The van der Waals surface area contributed by atoms with E-state index in [4.69, 9.17) is 0 Å². The summed E-state index contributed by atoms with van der Waals surface area (Å²) in [5.74, 6) is 1.98. The predicted octanol–water partition coefficient (Wildman–Crippen LogP) is 3.64. The summed E-state index contributed by atoms with van der Waals surface area (Å²) in [6.07, 6.45) is 11.0. The van der Waals surface area contributed by atoms with E-state index in [0.29, 0.717) is 36.5 Å². The Morgan fingerprint density at radius 3 is 2.32 bits per heavy atom. The number of fused-ring (bicyclic) bond motifs is 5. The van der Waals surface area contributed by atoms with E-state index in [9.17, 15) is 20.1 Å². The molecule has 1 saturated heterocycles. The van der Waals surface area contributed by atoms with E-state index in [1.54, 1.807) is 0 Å². The van der Waals surface area contributed by atoms with Crippen LogP contribution in [0.1, 0.15) is 97.3 Å². The van der Waals surface area contributed by atoms with Gasteiger partial charge in [0.1, 0.15) is 6.10 Å². The van der Waals surface area contributed by atoms with E-state index in [0.717, 1.165) is 51.5 Å². The summed E-state index contributed by atoms with van der Waals surface area (Å²) in [7, 11) is 0. The fraction of sp³-hybridized carbons (Fsp3) is 0.962. The van der Waals surface area contributed by atoms with Gasteiger partial charge < -0.3 is 20.2 Å². The van der Waals surface area contributed by atoms with E-state index in [1.165, 1.54) is 25.7 Å². The van der Waals surface area contributed by atoms with Gasteiger partial charge in [-0.15, -0.1) is 0 Å². The molecule has 5 nitrogen and oxygen atoms in total. The van der Waals surface area contributed by atoms with Crippen LogP contribution in [0.5, 0.6) is 0 Å². The molecule has 4 aliphatic carbocycles. The number of likely N-dealkylation sites (tertiary alicyclic amines) is 1. The molecule has 5 fully saturated rings. The molecule has 5 heteroatoms. The molecule has 0 bridgehead atoms. The van der Waals surface area contributed by atoms with Crippen LogP contribution in [-0.2, 0) is 4.79 Å². The van der Waals surface area contributed by atoms with Gasteiger partial charge in [0, 0.05) is 23.4 Å². The van der Waals surface area contributed by atoms with Crippen molar-refractivity contribution in [1.82, 2.24) is 4.90 Å². The van der Waals surface area contributed by atoms with Crippen molar-refractivity contribution in [3.63, 3.8) is 0 Å². The molecule has 5 rings (SSSR count). The van der Waals surface area contributed by atoms with Gasteiger partial charge in [0.2, 0.25) is 5.91 Å². The normalized spacial score (nSPS) is 50.9. The number of piperidine rings is 1. The highest BCUT2D eigenvalue weighted by Crippen LogP contribution is 2.64. The molecule has 0 radical (unpaired) electrons. The highest BCUT2D eigenvalue weighted by Gasteiger charge is 2.66. The lowest BCUT2D eigenvalue weighted by molar-refractivity contribution is -0.270. The van der Waals surface area contributed by atoms with Crippen molar-refractivity contribution in [3.8, 4) is 0 Å². The van der Waals surface area contributed by atoms with Crippen molar-refractivity contribution in [2.24, 2.45) is 29.1 Å². The third kappa shape index (κ3) is 3.09. The van der Waals surface area contributed by atoms with Crippen molar-refractivity contribution in [2.75, 3.05) is 6.54 Å². The monoisotopic (exact) mass is 433 g/mol. The number of nitrogens with zero attached hydrogens (tertiary/aromatic N) is 1. The number of amides is 1. The summed E-state index contributed by atoms with van der Waals surface area (Å²) in [6, 6.07) is 0. The molecular weight excluding hydrogens is 390 g/mol. The Morgan fingerprint density at radius 1 is 0.839 bits per heavy atom. The molecule has 5 aliphatic rings. The van der Waals surface area contributed by atoms with Crippen LogP contribution < -0.4 is 0 Å². The zero-order chi connectivity index (χ0) is 22.0. The standard InChI is InChI=1S/C26H43NO4/c1-24-13-12-21(28)22(29)26(24,31)15-10-18-19(24)11-14-25(2)20(18)9-6-16-27(25)23(30)17-7-4-3-5-8-17/h17-22,28-29,31H,3-16H2,1-2H3/t18-,19?,20?,21?,22+,24-,25+,26+/m1/s1. The van der Waals surface area contributed by atoms with Crippen LogP contribution in [0.4, 0.5) is 0 Å². The maximum atomic E-state index is 13.6. The van der Waals surface area contributed by atoms with Gasteiger partial charge in [0.05, 0.1) is 11.7 Å². The average Bonchev–Trinajstić information content (AvgIpc) is 2.78. The van der Waals surface area contributed by atoms with Crippen molar-refractivity contribution < 1.29 is 20.1 Å². The topological polar surface area (TPSA) is 81.0 Å². The molecular formula is C26H43NO4. The zero-order valence-corrected chi connectivity index (χ0v) is 19.6. The van der Waals surface area contributed by atoms with Crippen LogP contribution in [0, 0.1) is 29.1 Å². The Kier molecular flexibility index (Phi) is 5.50. The lowest BCUT2D eigenvalue weighted by Crippen LogP contribution is -2.71. The van der Waals surface area contributed by atoms with Gasteiger partial charge in [-0.2, -0.15) is 0 Å². The lowest BCUT2D eigenvalue weighted by atomic mass is 9.43. The molecule has 0 spiro atoms. The van der Waals surface area contributed by atoms with Crippen LogP contribution in [0.3, 0.4) is 0 Å². The Bertz CT molecular complexity index is 708. The third-order valence-electron chi connectivity index (χ3n) is 11.0. The Hall–Kier alpha value is -0.650. The second kappa shape index (κ2) is 7.70. The average molecular weight is 434 g/mol. The summed E-state index contributed by atoms with van der Waals surface area (Å²) < 4.78 is 0. The second-order valence-electron chi connectivity index (χ2n) is 12.2.